The van der Waals surface area contributed by atoms with Gasteiger partial charge in [0.05, 0.1) is 15.9 Å². The molecule has 0 amide bonds. The van der Waals surface area contributed by atoms with Crippen LogP contribution in [0.2, 0.25) is 0 Å². The molecule has 0 atom stereocenters. The number of anilines is 1. The second-order valence-corrected chi connectivity index (χ2v) is 7.09. The van der Waals surface area contributed by atoms with Gasteiger partial charge in [-0.3, -0.25) is 0 Å². The first-order chi connectivity index (χ1) is 9.54. The highest BCUT2D eigenvalue weighted by Gasteiger charge is 2.15. The number of hydrogen-bond acceptors (Lipinski definition) is 3. The molecule has 0 aliphatic rings. The van der Waals surface area contributed by atoms with Crippen LogP contribution in [0.15, 0.2) is 53.4 Å². The molecule has 0 unspecified atom stereocenters. The monoisotopic (exact) mass is 399 g/mol. The maximum absolute atomic E-state index is 12.2. The van der Waals surface area contributed by atoms with Crippen molar-refractivity contribution in [3.05, 3.63) is 52.1 Å². The molecule has 5 nitrogen and oxygen atoms in total. The van der Waals surface area contributed by atoms with Crippen LogP contribution in [0, 0.1) is 3.57 Å². The van der Waals surface area contributed by atoms with Crippen molar-refractivity contribution in [2.24, 2.45) is 0 Å². The number of H-pyrrole nitrogens is 1. The average molecular weight is 399 g/mol. The van der Waals surface area contributed by atoms with Crippen molar-refractivity contribution in [2.75, 3.05) is 4.72 Å². The Labute approximate surface area is 129 Å². The molecule has 0 saturated heterocycles. The van der Waals surface area contributed by atoms with Crippen LogP contribution in [-0.2, 0) is 10.0 Å². The molecule has 7 heteroatoms. The first-order valence-electron chi connectivity index (χ1n) is 5.78. The minimum absolute atomic E-state index is 0.207. The van der Waals surface area contributed by atoms with Gasteiger partial charge in [0.15, 0.2) is 0 Å². The average Bonchev–Trinajstić information content (AvgIpc) is 2.80. The van der Waals surface area contributed by atoms with E-state index in [2.05, 4.69) is 37.3 Å². The molecular formula is C13H10IN3O2S. The Balaban J connectivity index is 1.94. The molecule has 2 N–H and O–H groups in total. The zero-order valence-corrected chi connectivity index (χ0v) is 13.1. The van der Waals surface area contributed by atoms with Gasteiger partial charge in [-0.25, -0.2) is 18.1 Å². The van der Waals surface area contributed by atoms with Crippen LogP contribution in [0.4, 0.5) is 5.95 Å². The zero-order chi connectivity index (χ0) is 14.2. The summed E-state index contributed by atoms with van der Waals surface area (Å²) in [6.45, 7) is 0. The van der Waals surface area contributed by atoms with Crippen molar-refractivity contribution in [1.29, 1.82) is 0 Å². The fourth-order valence-corrected chi connectivity index (χ4v) is 3.12. The highest BCUT2D eigenvalue weighted by Crippen LogP contribution is 2.18. The minimum Gasteiger partial charge on any atom is -0.323 e. The standard InChI is InChI=1S/C13H10IN3O2S/c14-9-5-7-10(8-6-9)20(18,19)17-13-15-11-3-1-2-4-12(11)16-13/h1-8H,(H2,15,16,17). The summed E-state index contributed by atoms with van der Waals surface area (Å²) in [6, 6.07) is 14.0. The van der Waals surface area contributed by atoms with E-state index in [0.29, 0.717) is 5.52 Å². The second kappa shape index (κ2) is 5.06. The molecule has 3 rings (SSSR count). The van der Waals surface area contributed by atoms with Gasteiger partial charge in [-0.2, -0.15) is 0 Å². The molecular weight excluding hydrogens is 389 g/mol. The summed E-state index contributed by atoms with van der Waals surface area (Å²) < 4.78 is 27.9. The Bertz CT molecular complexity index is 824. The number of nitrogens with zero attached hydrogens (tertiary/aromatic N) is 1. The Hall–Kier alpha value is -1.61. The van der Waals surface area contributed by atoms with Crippen molar-refractivity contribution in [1.82, 2.24) is 9.97 Å². The largest absolute Gasteiger partial charge is 0.323 e. The van der Waals surface area contributed by atoms with E-state index in [9.17, 15) is 8.42 Å². The van der Waals surface area contributed by atoms with Gasteiger partial charge in [-0.05, 0) is 59.0 Å². The van der Waals surface area contributed by atoms with E-state index in [1.165, 1.54) is 0 Å². The third-order valence-electron chi connectivity index (χ3n) is 2.74. The number of fused-ring (bicyclic) bond motifs is 1. The smallest absolute Gasteiger partial charge is 0.264 e. The Morgan fingerprint density at radius 3 is 2.45 bits per heavy atom. The van der Waals surface area contributed by atoms with Crippen LogP contribution in [0.5, 0.6) is 0 Å². The van der Waals surface area contributed by atoms with Crippen LogP contribution < -0.4 is 4.72 Å². The lowest BCUT2D eigenvalue weighted by molar-refractivity contribution is 0.601. The molecule has 1 heterocycles. The van der Waals surface area contributed by atoms with E-state index in [1.54, 1.807) is 24.3 Å². The number of benzene rings is 2. The number of aromatic amines is 1. The lowest BCUT2D eigenvalue weighted by atomic mass is 10.3. The van der Waals surface area contributed by atoms with Crippen molar-refractivity contribution < 1.29 is 8.42 Å². The predicted molar refractivity (Wildman–Crippen MR) is 86.1 cm³/mol. The molecule has 1 aromatic heterocycles. The number of imidazole rings is 1. The molecule has 102 valence electrons. The maximum Gasteiger partial charge on any atom is 0.264 e. The molecule has 0 aliphatic heterocycles. The summed E-state index contributed by atoms with van der Waals surface area (Å²) in [5.41, 5.74) is 1.50. The number of sulfonamides is 1. The van der Waals surface area contributed by atoms with E-state index in [-0.39, 0.29) is 10.8 Å². The number of hydrogen-bond donors (Lipinski definition) is 2. The molecule has 20 heavy (non-hydrogen) atoms. The van der Waals surface area contributed by atoms with Crippen molar-refractivity contribution in [3.63, 3.8) is 0 Å². The predicted octanol–water partition coefficient (Wildman–Crippen LogP) is 2.97. The van der Waals surface area contributed by atoms with Crippen LogP contribution in [0.1, 0.15) is 0 Å². The first-order valence-corrected chi connectivity index (χ1v) is 8.34. The maximum atomic E-state index is 12.2. The lowest BCUT2D eigenvalue weighted by Gasteiger charge is -2.04. The van der Waals surface area contributed by atoms with Gasteiger partial charge >= 0.3 is 0 Å². The van der Waals surface area contributed by atoms with Crippen LogP contribution in [-0.4, -0.2) is 18.4 Å². The molecule has 0 spiro atoms. The van der Waals surface area contributed by atoms with Gasteiger partial charge in [0.1, 0.15) is 0 Å². The number of aromatic nitrogens is 2. The molecule has 0 saturated carbocycles. The van der Waals surface area contributed by atoms with E-state index in [4.69, 9.17) is 0 Å². The molecule has 0 aliphatic carbocycles. The summed E-state index contributed by atoms with van der Waals surface area (Å²) in [6.07, 6.45) is 0. The summed E-state index contributed by atoms with van der Waals surface area (Å²) in [5, 5.41) is 0. The fourth-order valence-electron chi connectivity index (χ4n) is 1.80. The topological polar surface area (TPSA) is 74.8 Å². The van der Waals surface area contributed by atoms with Crippen molar-refractivity contribution in [3.8, 4) is 0 Å². The number of para-hydroxylation sites is 2. The first kappa shape index (κ1) is 13.4. The summed E-state index contributed by atoms with van der Waals surface area (Å²) in [7, 11) is -3.62. The molecule has 3 aromatic rings. The quantitative estimate of drug-likeness (QED) is 0.666. The van der Waals surface area contributed by atoms with E-state index in [0.717, 1.165) is 9.09 Å². The second-order valence-electron chi connectivity index (χ2n) is 4.16. The van der Waals surface area contributed by atoms with Crippen molar-refractivity contribution in [2.45, 2.75) is 4.90 Å². The van der Waals surface area contributed by atoms with E-state index >= 15 is 0 Å². The summed E-state index contributed by atoms with van der Waals surface area (Å²) in [4.78, 5) is 7.33. The van der Waals surface area contributed by atoms with Gasteiger partial charge in [0, 0.05) is 3.57 Å². The molecule has 0 bridgehead atoms. The third-order valence-corrected chi connectivity index (χ3v) is 4.82. The van der Waals surface area contributed by atoms with Crippen LogP contribution >= 0.6 is 22.6 Å². The van der Waals surface area contributed by atoms with Gasteiger partial charge < -0.3 is 4.98 Å². The normalized spacial score (nSPS) is 11.7. The van der Waals surface area contributed by atoms with E-state index in [1.807, 2.05) is 24.3 Å². The van der Waals surface area contributed by atoms with Gasteiger partial charge in [-0.1, -0.05) is 12.1 Å². The number of nitrogens with one attached hydrogen (secondary N) is 2. The highest BCUT2D eigenvalue weighted by atomic mass is 127. The SMILES string of the molecule is O=S(=O)(Nc1nc2ccccc2[nH]1)c1ccc(I)cc1. The molecule has 2 aromatic carbocycles. The number of halogens is 1. The Kier molecular flexibility index (Phi) is 3.38. The lowest BCUT2D eigenvalue weighted by Crippen LogP contribution is -2.13. The van der Waals surface area contributed by atoms with Gasteiger partial charge in [0.2, 0.25) is 5.95 Å². The summed E-state index contributed by atoms with van der Waals surface area (Å²) >= 11 is 2.12. The van der Waals surface area contributed by atoms with Gasteiger partial charge in [0.25, 0.3) is 10.0 Å². The molecule has 0 radical (unpaired) electrons. The summed E-state index contributed by atoms with van der Waals surface area (Å²) in [5.74, 6) is 0.213. The van der Waals surface area contributed by atoms with Gasteiger partial charge in [-0.15, -0.1) is 0 Å². The fraction of sp³-hybridized carbons (Fsp3) is 0. The zero-order valence-electron chi connectivity index (χ0n) is 10.2. The van der Waals surface area contributed by atoms with E-state index < -0.39 is 10.0 Å². The van der Waals surface area contributed by atoms with Crippen LogP contribution in [0.25, 0.3) is 11.0 Å². The Morgan fingerprint density at radius 1 is 1.05 bits per heavy atom. The Morgan fingerprint density at radius 2 is 1.75 bits per heavy atom. The number of rotatable bonds is 3. The highest BCUT2D eigenvalue weighted by molar-refractivity contribution is 14.1. The molecule has 0 fully saturated rings. The van der Waals surface area contributed by atoms with Crippen molar-refractivity contribution >= 4 is 49.6 Å². The third kappa shape index (κ3) is 2.63. The van der Waals surface area contributed by atoms with Crippen LogP contribution in [0.3, 0.4) is 0 Å². The minimum atomic E-state index is -3.62.